The summed E-state index contributed by atoms with van der Waals surface area (Å²) in [5.74, 6) is 1.53. The fourth-order valence-corrected chi connectivity index (χ4v) is 2.05. The molecule has 0 aromatic carbocycles. The smallest absolute Gasteiger partial charge is 0.261 e. The number of anilines is 1. The standard InChI is InChI=1S/C14H16N6O2/c1-9-18-14(22-19-9)11-4-3-5-15-13(11)16-7-12(21)10-6-17-20(2)8-10/h3-6,8,12,21H,7H2,1-2H3,(H,15,16). The summed E-state index contributed by atoms with van der Waals surface area (Å²) in [5.41, 5.74) is 1.43. The number of aromatic nitrogens is 5. The number of aryl methyl sites for hydroxylation is 2. The lowest BCUT2D eigenvalue weighted by Gasteiger charge is -2.12. The molecule has 2 N–H and O–H groups in total. The van der Waals surface area contributed by atoms with Crippen molar-refractivity contribution in [3.63, 3.8) is 0 Å². The first-order valence-electron chi connectivity index (χ1n) is 6.79. The molecule has 1 atom stereocenters. The van der Waals surface area contributed by atoms with E-state index < -0.39 is 6.10 Å². The highest BCUT2D eigenvalue weighted by Crippen LogP contribution is 2.24. The molecule has 0 aliphatic heterocycles. The zero-order valence-electron chi connectivity index (χ0n) is 12.3. The highest BCUT2D eigenvalue weighted by molar-refractivity contribution is 5.68. The maximum absolute atomic E-state index is 10.2. The molecule has 8 heteroatoms. The maximum Gasteiger partial charge on any atom is 0.261 e. The molecule has 22 heavy (non-hydrogen) atoms. The first kappa shape index (κ1) is 14.2. The number of pyridine rings is 1. The van der Waals surface area contributed by atoms with E-state index in [-0.39, 0.29) is 0 Å². The summed E-state index contributed by atoms with van der Waals surface area (Å²) in [5, 5.41) is 21.1. The number of hydrogen-bond acceptors (Lipinski definition) is 7. The van der Waals surface area contributed by atoms with E-state index in [0.29, 0.717) is 29.6 Å². The predicted octanol–water partition coefficient (Wildman–Crippen LogP) is 1.32. The van der Waals surface area contributed by atoms with E-state index in [1.165, 1.54) is 0 Å². The molecule has 0 radical (unpaired) electrons. The minimum absolute atomic E-state index is 0.294. The number of hydrogen-bond donors (Lipinski definition) is 2. The molecular formula is C14H16N6O2. The molecule has 0 aliphatic carbocycles. The van der Waals surface area contributed by atoms with Gasteiger partial charge in [0, 0.05) is 31.5 Å². The van der Waals surface area contributed by atoms with Crippen LogP contribution in [0.2, 0.25) is 0 Å². The maximum atomic E-state index is 10.2. The van der Waals surface area contributed by atoms with Gasteiger partial charge in [-0.05, 0) is 19.1 Å². The summed E-state index contributed by atoms with van der Waals surface area (Å²) >= 11 is 0. The molecule has 0 bridgehead atoms. The first-order chi connectivity index (χ1) is 10.6. The lowest BCUT2D eigenvalue weighted by Crippen LogP contribution is -2.13. The van der Waals surface area contributed by atoms with Crippen LogP contribution in [0.4, 0.5) is 5.82 Å². The van der Waals surface area contributed by atoms with Gasteiger partial charge in [-0.3, -0.25) is 4.68 Å². The second-order valence-corrected chi connectivity index (χ2v) is 4.89. The highest BCUT2D eigenvalue weighted by atomic mass is 16.5. The molecule has 3 rings (SSSR count). The number of rotatable bonds is 5. The normalized spacial score (nSPS) is 12.3. The van der Waals surface area contributed by atoms with Gasteiger partial charge in [-0.2, -0.15) is 10.1 Å². The van der Waals surface area contributed by atoms with Crippen LogP contribution in [-0.4, -0.2) is 36.6 Å². The number of nitrogens with one attached hydrogen (secondary N) is 1. The van der Waals surface area contributed by atoms with Crippen molar-refractivity contribution in [3.8, 4) is 11.5 Å². The number of aliphatic hydroxyl groups is 1. The molecule has 3 aromatic rings. The largest absolute Gasteiger partial charge is 0.386 e. The van der Waals surface area contributed by atoms with Crippen LogP contribution in [0.25, 0.3) is 11.5 Å². The summed E-state index contributed by atoms with van der Waals surface area (Å²) in [7, 11) is 1.80. The van der Waals surface area contributed by atoms with Crippen molar-refractivity contribution in [2.75, 3.05) is 11.9 Å². The monoisotopic (exact) mass is 300 g/mol. The summed E-state index contributed by atoms with van der Waals surface area (Å²) in [4.78, 5) is 8.46. The van der Waals surface area contributed by atoms with Crippen LogP contribution < -0.4 is 5.32 Å². The third-order valence-corrected chi connectivity index (χ3v) is 3.14. The molecule has 3 heterocycles. The predicted molar refractivity (Wildman–Crippen MR) is 78.9 cm³/mol. The molecule has 0 saturated heterocycles. The van der Waals surface area contributed by atoms with Gasteiger partial charge in [-0.15, -0.1) is 0 Å². The van der Waals surface area contributed by atoms with E-state index in [9.17, 15) is 5.11 Å². The molecule has 0 saturated carbocycles. The number of nitrogens with zero attached hydrogens (tertiary/aromatic N) is 5. The van der Waals surface area contributed by atoms with Gasteiger partial charge >= 0.3 is 0 Å². The van der Waals surface area contributed by atoms with E-state index in [2.05, 4.69) is 25.5 Å². The Balaban J connectivity index is 1.75. The molecule has 0 aliphatic rings. The topological polar surface area (TPSA) is 102 Å². The summed E-state index contributed by atoms with van der Waals surface area (Å²) < 4.78 is 6.81. The molecule has 8 nitrogen and oxygen atoms in total. The van der Waals surface area contributed by atoms with E-state index in [0.717, 1.165) is 5.56 Å². The fourth-order valence-electron chi connectivity index (χ4n) is 2.05. The third-order valence-electron chi connectivity index (χ3n) is 3.14. The second-order valence-electron chi connectivity index (χ2n) is 4.89. The van der Waals surface area contributed by atoms with Crippen molar-refractivity contribution in [1.82, 2.24) is 24.9 Å². The Morgan fingerprint density at radius 2 is 2.32 bits per heavy atom. The van der Waals surface area contributed by atoms with Crippen LogP contribution in [0, 0.1) is 6.92 Å². The average Bonchev–Trinajstić information content (AvgIpc) is 3.14. The zero-order chi connectivity index (χ0) is 15.5. The third kappa shape index (κ3) is 2.96. The average molecular weight is 300 g/mol. The Morgan fingerprint density at radius 1 is 1.45 bits per heavy atom. The van der Waals surface area contributed by atoms with Gasteiger partial charge in [0.1, 0.15) is 5.82 Å². The minimum Gasteiger partial charge on any atom is -0.386 e. The second kappa shape index (κ2) is 5.94. The van der Waals surface area contributed by atoms with Crippen LogP contribution in [0.15, 0.2) is 35.2 Å². The minimum atomic E-state index is -0.687. The Bertz CT molecular complexity index is 766. The Labute approximate surface area is 126 Å². The Hall–Kier alpha value is -2.74. The number of aliphatic hydroxyl groups excluding tert-OH is 1. The van der Waals surface area contributed by atoms with Gasteiger partial charge in [-0.25, -0.2) is 4.98 Å². The van der Waals surface area contributed by atoms with Gasteiger partial charge in [-0.1, -0.05) is 5.16 Å². The van der Waals surface area contributed by atoms with Crippen LogP contribution in [0.1, 0.15) is 17.5 Å². The van der Waals surface area contributed by atoms with Crippen LogP contribution in [0.5, 0.6) is 0 Å². The van der Waals surface area contributed by atoms with E-state index in [4.69, 9.17) is 4.52 Å². The van der Waals surface area contributed by atoms with Crippen molar-refractivity contribution in [1.29, 1.82) is 0 Å². The van der Waals surface area contributed by atoms with Crippen molar-refractivity contribution >= 4 is 5.82 Å². The first-order valence-corrected chi connectivity index (χ1v) is 6.79. The molecule has 114 valence electrons. The molecule has 1 unspecified atom stereocenters. The van der Waals surface area contributed by atoms with Crippen LogP contribution >= 0.6 is 0 Å². The van der Waals surface area contributed by atoms with Crippen molar-refractivity contribution in [2.45, 2.75) is 13.0 Å². The van der Waals surface area contributed by atoms with Gasteiger partial charge in [0.25, 0.3) is 5.89 Å². The Morgan fingerprint density at radius 3 is 3.00 bits per heavy atom. The van der Waals surface area contributed by atoms with Gasteiger partial charge in [0.05, 0.1) is 17.9 Å². The zero-order valence-corrected chi connectivity index (χ0v) is 12.3. The molecule has 0 fully saturated rings. The van der Waals surface area contributed by atoms with Crippen molar-refractivity contribution in [3.05, 3.63) is 42.1 Å². The van der Waals surface area contributed by atoms with Crippen molar-refractivity contribution < 1.29 is 9.63 Å². The lowest BCUT2D eigenvalue weighted by atomic mass is 10.2. The molecular weight excluding hydrogens is 284 g/mol. The SMILES string of the molecule is Cc1noc(-c2cccnc2NCC(O)c2cnn(C)c2)n1. The molecule has 3 aromatic heterocycles. The molecule has 0 amide bonds. The van der Waals surface area contributed by atoms with Gasteiger partial charge in [0.2, 0.25) is 0 Å². The summed E-state index contributed by atoms with van der Waals surface area (Å²) in [6, 6.07) is 3.62. The highest BCUT2D eigenvalue weighted by Gasteiger charge is 2.14. The summed E-state index contributed by atoms with van der Waals surface area (Å²) in [6.07, 6.45) is 4.37. The quantitative estimate of drug-likeness (QED) is 0.732. The van der Waals surface area contributed by atoms with Crippen LogP contribution in [0.3, 0.4) is 0 Å². The molecule has 0 spiro atoms. The fraction of sp³-hybridized carbons (Fsp3) is 0.286. The van der Waals surface area contributed by atoms with Gasteiger partial charge in [0.15, 0.2) is 5.82 Å². The van der Waals surface area contributed by atoms with Crippen LogP contribution in [-0.2, 0) is 7.05 Å². The summed E-state index contributed by atoms with van der Waals surface area (Å²) in [6.45, 7) is 2.05. The van der Waals surface area contributed by atoms with E-state index >= 15 is 0 Å². The van der Waals surface area contributed by atoms with E-state index in [1.807, 2.05) is 6.07 Å². The lowest BCUT2D eigenvalue weighted by molar-refractivity contribution is 0.191. The van der Waals surface area contributed by atoms with Crippen molar-refractivity contribution in [2.24, 2.45) is 7.05 Å². The van der Waals surface area contributed by atoms with Gasteiger partial charge < -0.3 is 14.9 Å². The van der Waals surface area contributed by atoms with E-state index in [1.54, 1.807) is 43.3 Å². The Kier molecular flexibility index (Phi) is 3.84.